The summed E-state index contributed by atoms with van der Waals surface area (Å²) >= 11 is 0. The quantitative estimate of drug-likeness (QED) is 0.0854. The first kappa shape index (κ1) is 26.7. The van der Waals surface area contributed by atoms with E-state index in [0.717, 1.165) is 16.9 Å². The van der Waals surface area contributed by atoms with Gasteiger partial charge in [-0.2, -0.15) is 0 Å². The zero-order valence-corrected chi connectivity index (χ0v) is 21.7. The molecule has 2 amide bonds. The number of nitrogens with zero attached hydrogens (tertiary/aromatic N) is 2. The molecule has 0 aliphatic rings. The molecule has 0 spiro atoms. The van der Waals surface area contributed by atoms with E-state index in [2.05, 4.69) is 26.5 Å². The molecule has 1 heterocycles. The Hall–Kier alpha value is -5.38. The summed E-state index contributed by atoms with van der Waals surface area (Å²) < 4.78 is 1.96. The lowest BCUT2D eigenvalue weighted by Crippen LogP contribution is -2.27. The van der Waals surface area contributed by atoms with Gasteiger partial charge in [0.15, 0.2) is 12.4 Å². The van der Waals surface area contributed by atoms with Gasteiger partial charge >= 0.3 is 0 Å². The van der Waals surface area contributed by atoms with E-state index in [4.69, 9.17) is 11.5 Å². The van der Waals surface area contributed by atoms with Crippen LogP contribution in [0.25, 0.3) is 0 Å². The smallest absolute Gasteiger partial charge is 0.255 e. The lowest BCUT2D eigenvalue weighted by Gasteiger charge is -2.13. The highest BCUT2D eigenvalue weighted by atomic mass is 16.2. The Labute approximate surface area is 226 Å². The van der Waals surface area contributed by atoms with Crippen molar-refractivity contribution in [3.05, 3.63) is 114 Å². The first-order valence-electron chi connectivity index (χ1n) is 12.3. The monoisotopic (exact) mass is 523 g/mol. The summed E-state index contributed by atoms with van der Waals surface area (Å²) in [5, 5.41) is 12.8. The Morgan fingerprint density at radius 3 is 1.62 bits per heavy atom. The number of carbonyl (C=O) groups is 2. The van der Waals surface area contributed by atoms with Gasteiger partial charge in [0.25, 0.3) is 11.8 Å². The third-order valence-corrected chi connectivity index (χ3v) is 5.88. The number of nitrogens with two attached hydrogens (primary N) is 2. The molecular weight excluding hydrogens is 492 g/mol. The van der Waals surface area contributed by atoms with E-state index in [9.17, 15) is 9.59 Å². The van der Waals surface area contributed by atoms with Crippen LogP contribution in [0.15, 0.2) is 102 Å². The van der Waals surface area contributed by atoms with E-state index in [-0.39, 0.29) is 23.8 Å². The Balaban J connectivity index is 1.30. The molecule has 10 nitrogen and oxygen atoms in total. The van der Waals surface area contributed by atoms with Gasteiger partial charge in [-0.25, -0.2) is 4.57 Å². The molecule has 8 N–H and O–H groups in total. The molecule has 0 aliphatic carbocycles. The van der Waals surface area contributed by atoms with Gasteiger partial charge in [0.2, 0.25) is 5.96 Å². The molecule has 10 heteroatoms. The molecule has 1 atom stereocenters. The number of guanidine groups is 1. The van der Waals surface area contributed by atoms with Crippen LogP contribution in [0.2, 0.25) is 0 Å². The van der Waals surface area contributed by atoms with Gasteiger partial charge in [-0.05, 0) is 73.2 Å². The number of amides is 2. The number of rotatable bonds is 9. The molecule has 0 aliphatic heterocycles. The van der Waals surface area contributed by atoms with Crippen molar-refractivity contribution in [1.29, 1.82) is 0 Å². The number of aromatic nitrogens is 1. The molecule has 1 unspecified atom stereocenters. The minimum atomic E-state index is -0.281. The zero-order valence-electron chi connectivity index (χ0n) is 21.7. The second-order valence-electron chi connectivity index (χ2n) is 8.95. The Bertz CT molecular complexity index is 1450. The molecule has 0 bridgehead atoms. The fourth-order valence-electron chi connectivity index (χ4n) is 3.67. The molecule has 0 fully saturated rings. The van der Waals surface area contributed by atoms with Gasteiger partial charge in [0.05, 0.1) is 11.7 Å². The van der Waals surface area contributed by atoms with Crippen molar-refractivity contribution >= 4 is 40.5 Å². The van der Waals surface area contributed by atoms with Crippen LogP contribution in [0.1, 0.15) is 39.2 Å². The molecule has 4 rings (SSSR count). The Morgan fingerprint density at radius 1 is 0.692 bits per heavy atom. The maximum absolute atomic E-state index is 12.7. The fraction of sp³-hybridized carbons (Fsp3) is 0.103. The number of carbonyl (C=O) groups excluding carboxylic acids is 2. The van der Waals surface area contributed by atoms with E-state index in [0.29, 0.717) is 22.5 Å². The summed E-state index contributed by atoms with van der Waals surface area (Å²) in [6.45, 7) is 1.91. The third-order valence-electron chi connectivity index (χ3n) is 5.88. The number of benzene rings is 3. The average molecular weight is 524 g/mol. The van der Waals surface area contributed by atoms with Crippen molar-refractivity contribution < 1.29 is 14.2 Å². The van der Waals surface area contributed by atoms with Gasteiger partial charge in [-0.1, -0.05) is 12.1 Å². The molecule has 4 aromatic rings. The van der Waals surface area contributed by atoms with Crippen molar-refractivity contribution in [3.8, 4) is 0 Å². The standard InChI is InChI=1S/C29H30N8O2/c1-19(35-36-29(30)31)20-7-9-24(10-8-20)33-27(38)21-3-5-22(6-4-21)28(39)34-25-13-11-23(12-14-25)32-26-15-17-37(2)18-16-26/h3-19H,1-2H3,(H7,30,31,33,34,35,36,38,39)/p+1. The summed E-state index contributed by atoms with van der Waals surface area (Å²) in [7, 11) is 1.96. The van der Waals surface area contributed by atoms with Crippen molar-refractivity contribution in [3.63, 3.8) is 0 Å². The minimum Gasteiger partial charge on any atom is -0.369 e. The maximum Gasteiger partial charge on any atom is 0.255 e. The lowest BCUT2D eigenvalue weighted by molar-refractivity contribution is -0.671. The number of hydrogen-bond acceptors (Lipinski definition) is 5. The number of hydrazone groups is 1. The van der Waals surface area contributed by atoms with Crippen LogP contribution in [0.4, 0.5) is 22.7 Å². The summed E-state index contributed by atoms with van der Waals surface area (Å²) in [6, 6.07) is 25.1. The van der Waals surface area contributed by atoms with Crippen LogP contribution in [0, 0.1) is 0 Å². The molecule has 0 radical (unpaired) electrons. The number of anilines is 4. The highest BCUT2D eigenvalue weighted by Gasteiger charge is 2.11. The number of pyridine rings is 1. The van der Waals surface area contributed by atoms with Crippen molar-refractivity contribution in [2.45, 2.75) is 13.0 Å². The second-order valence-corrected chi connectivity index (χ2v) is 8.95. The van der Waals surface area contributed by atoms with Crippen molar-refractivity contribution in [2.24, 2.45) is 23.6 Å². The van der Waals surface area contributed by atoms with Crippen LogP contribution in [0.5, 0.6) is 0 Å². The van der Waals surface area contributed by atoms with E-state index < -0.39 is 0 Å². The fourth-order valence-corrected chi connectivity index (χ4v) is 3.67. The SMILES string of the molecule is CC(NN=C(N)N)c1ccc(NC(=O)c2ccc(C(=O)Nc3ccc(Nc4cc[n+](C)cc4)cc3)cc2)cc1. The topological polar surface area (TPSA) is 151 Å². The predicted molar refractivity (Wildman–Crippen MR) is 153 cm³/mol. The second kappa shape index (κ2) is 12.2. The van der Waals surface area contributed by atoms with Gasteiger partial charge < -0.3 is 27.4 Å². The van der Waals surface area contributed by atoms with E-state index in [1.165, 1.54) is 0 Å². The minimum absolute atomic E-state index is 0.0468. The first-order chi connectivity index (χ1) is 18.8. The van der Waals surface area contributed by atoms with Crippen LogP contribution in [-0.2, 0) is 7.05 Å². The summed E-state index contributed by atoms with van der Waals surface area (Å²) in [5.41, 5.74) is 18.5. The lowest BCUT2D eigenvalue weighted by atomic mass is 10.1. The maximum atomic E-state index is 12.7. The molecule has 3 aromatic carbocycles. The Morgan fingerprint density at radius 2 is 1.13 bits per heavy atom. The van der Waals surface area contributed by atoms with Gasteiger partial charge in [0.1, 0.15) is 7.05 Å². The molecule has 0 saturated carbocycles. The van der Waals surface area contributed by atoms with Crippen LogP contribution in [-0.4, -0.2) is 17.8 Å². The molecule has 39 heavy (non-hydrogen) atoms. The average Bonchev–Trinajstić information content (AvgIpc) is 2.94. The van der Waals surface area contributed by atoms with Crippen LogP contribution in [0.3, 0.4) is 0 Å². The zero-order chi connectivity index (χ0) is 27.8. The summed E-state index contributed by atoms with van der Waals surface area (Å²) in [4.78, 5) is 25.4. The van der Waals surface area contributed by atoms with Crippen LogP contribution < -0.4 is 37.4 Å². The highest BCUT2D eigenvalue weighted by Crippen LogP contribution is 2.20. The normalized spacial score (nSPS) is 11.1. The van der Waals surface area contributed by atoms with Gasteiger partial charge in [-0.3, -0.25) is 15.0 Å². The largest absolute Gasteiger partial charge is 0.369 e. The van der Waals surface area contributed by atoms with Gasteiger partial charge in [-0.15, -0.1) is 5.10 Å². The number of aryl methyl sites for hydroxylation is 1. The molecule has 1 aromatic heterocycles. The first-order valence-corrected chi connectivity index (χ1v) is 12.3. The summed E-state index contributed by atoms with van der Waals surface area (Å²) in [5.74, 6) is -0.594. The molecule has 0 saturated heterocycles. The number of hydrogen-bond donors (Lipinski definition) is 6. The third kappa shape index (κ3) is 7.56. The van der Waals surface area contributed by atoms with Gasteiger partial charge in [0, 0.05) is 40.3 Å². The molecular formula is C29H31N8O2+. The van der Waals surface area contributed by atoms with Crippen molar-refractivity contribution in [1.82, 2.24) is 5.43 Å². The van der Waals surface area contributed by atoms with E-state index in [1.807, 2.05) is 79.5 Å². The van der Waals surface area contributed by atoms with Crippen LogP contribution >= 0.6 is 0 Å². The number of nitrogens with one attached hydrogen (secondary N) is 4. The predicted octanol–water partition coefficient (Wildman–Crippen LogP) is 3.60. The van der Waals surface area contributed by atoms with Crippen molar-refractivity contribution in [2.75, 3.05) is 16.0 Å². The van der Waals surface area contributed by atoms with E-state index in [1.54, 1.807) is 36.4 Å². The Kier molecular flexibility index (Phi) is 8.37. The highest BCUT2D eigenvalue weighted by molar-refractivity contribution is 6.07. The molecule has 198 valence electrons. The summed E-state index contributed by atoms with van der Waals surface area (Å²) in [6.07, 6.45) is 3.92. The van der Waals surface area contributed by atoms with E-state index >= 15 is 0 Å².